The van der Waals surface area contributed by atoms with Crippen LogP contribution in [0.15, 0.2) is 36.5 Å². The van der Waals surface area contributed by atoms with Gasteiger partial charge in [-0.1, -0.05) is 31.4 Å². The Balaban J connectivity index is 1.55. The first kappa shape index (κ1) is 19.0. The molecule has 4 rings (SSSR count). The molecule has 28 heavy (non-hydrogen) atoms. The molecule has 1 heterocycles. The minimum absolute atomic E-state index is 0.0757. The Morgan fingerprint density at radius 2 is 1.93 bits per heavy atom. The van der Waals surface area contributed by atoms with Crippen LogP contribution in [0.5, 0.6) is 5.75 Å². The van der Waals surface area contributed by atoms with Gasteiger partial charge in [0, 0.05) is 23.5 Å². The molecule has 2 aliphatic carbocycles. The summed E-state index contributed by atoms with van der Waals surface area (Å²) in [5.74, 6) is 1.62. The number of nitrogens with one attached hydrogen (secondary N) is 1. The molecular formula is C24H30N2O2. The zero-order chi connectivity index (χ0) is 19.3. The molecule has 148 valence electrons. The van der Waals surface area contributed by atoms with Gasteiger partial charge in [0.1, 0.15) is 5.75 Å². The lowest BCUT2D eigenvalue weighted by Gasteiger charge is -2.25. The molecule has 0 atom stereocenters. The molecule has 2 fully saturated rings. The molecule has 4 nitrogen and oxygen atoms in total. The highest BCUT2D eigenvalue weighted by Crippen LogP contribution is 2.39. The van der Waals surface area contributed by atoms with Gasteiger partial charge in [-0.15, -0.1) is 0 Å². The minimum Gasteiger partial charge on any atom is -0.494 e. The summed E-state index contributed by atoms with van der Waals surface area (Å²) >= 11 is 0. The molecule has 1 amide bonds. The Labute approximate surface area is 167 Å². The molecule has 1 aromatic carbocycles. The number of nitrogens with zero attached hydrogens (tertiary/aromatic N) is 1. The second kappa shape index (κ2) is 8.76. The van der Waals surface area contributed by atoms with Crippen LogP contribution in [-0.4, -0.2) is 23.5 Å². The summed E-state index contributed by atoms with van der Waals surface area (Å²) in [5.41, 5.74) is 4.57. The fraction of sp³-hybridized carbons (Fsp3) is 0.500. The number of hydrogen-bond acceptors (Lipinski definition) is 3. The van der Waals surface area contributed by atoms with Crippen molar-refractivity contribution in [3.8, 4) is 16.9 Å². The summed E-state index contributed by atoms with van der Waals surface area (Å²) in [6.07, 6.45) is 10.9. The Hall–Kier alpha value is -2.36. The molecule has 0 radical (unpaired) electrons. The number of carbonyl (C=O) groups excluding carboxylic acids is 1. The number of rotatable bonds is 7. The van der Waals surface area contributed by atoms with Crippen LogP contribution >= 0.6 is 0 Å². The van der Waals surface area contributed by atoms with Crippen LogP contribution in [0.4, 0.5) is 0 Å². The van der Waals surface area contributed by atoms with Crippen molar-refractivity contribution in [2.75, 3.05) is 6.61 Å². The van der Waals surface area contributed by atoms with Crippen molar-refractivity contribution >= 4 is 5.91 Å². The highest BCUT2D eigenvalue weighted by Gasteiger charge is 2.23. The van der Waals surface area contributed by atoms with Gasteiger partial charge in [0.15, 0.2) is 0 Å². The van der Waals surface area contributed by atoms with E-state index in [9.17, 15) is 4.79 Å². The van der Waals surface area contributed by atoms with Crippen molar-refractivity contribution in [2.45, 2.75) is 70.3 Å². The topological polar surface area (TPSA) is 51.2 Å². The average molecular weight is 379 g/mol. The smallest absolute Gasteiger partial charge is 0.226 e. The lowest BCUT2D eigenvalue weighted by atomic mass is 9.81. The Morgan fingerprint density at radius 3 is 2.61 bits per heavy atom. The van der Waals surface area contributed by atoms with Gasteiger partial charge in [0.2, 0.25) is 5.91 Å². The summed E-state index contributed by atoms with van der Waals surface area (Å²) in [7, 11) is 0. The van der Waals surface area contributed by atoms with E-state index >= 15 is 0 Å². The van der Waals surface area contributed by atoms with E-state index in [0.717, 1.165) is 29.8 Å². The summed E-state index contributed by atoms with van der Waals surface area (Å²) in [6, 6.07) is 10.9. The summed E-state index contributed by atoms with van der Waals surface area (Å²) in [5, 5.41) is 3.03. The number of pyridine rings is 1. The van der Waals surface area contributed by atoms with Gasteiger partial charge < -0.3 is 10.1 Å². The molecular weight excluding hydrogens is 348 g/mol. The standard InChI is InChI=1S/C24H30N2O2/c1-2-28-21-12-13-22(23(15-21)17-6-4-3-5-7-17)18-8-9-20(25-16-18)14-24(27)26-19-10-11-19/h8-9,12-13,15-17,19H,2-7,10-11,14H2,1H3,(H,26,27). The van der Waals surface area contributed by atoms with Crippen LogP contribution in [0.1, 0.15) is 69.0 Å². The molecule has 2 aliphatic rings. The highest BCUT2D eigenvalue weighted by atomic mass is 16.5. The molecule has 2 aromatic rings. The van der Waals surface area contributed by atoms with E-state index in [2.05, 4.69) is 34.6 Å². The monoisotopic (exact) mass is 378 g/mol. The summed E-state index contributed by atoms with van der Waals surface area (Å²) in [4.78, 5) is 16.6. The van der Waals surface area contributed by atoms with Crippen molar-refractivity contribution in [1.82, 2.24) is 10.3 Å². The lowest BCUT2D eigenvalue weighted by molar-refractivity contribution is -0.120. The van der Waals surface area contributed by atoms with Gasteiger partial charge in [-0.25, -0.2) is 0 Å². The minimum atomic E-state index is 0.0757. The van der Waals surface area contributed by atoms with Gasteiger partial charge in [-0.2, -0.15) is 0 Å². The number of hydrogen-bond donors (Lipinski definition) is 1. The molecule has 2 saturated carbocycles. The molecule has 0 spiro atoms. The van der Waals surface area contributed by atoms with Crippen molar-refractivity contribution in [3.05, 3.63) is 47.8 Å². The Bertz CT molecular complexity index is 806. The molecule has 1 aromatic heterocycles. The fourth-order valence-electron chi connectivity index (χ4n) is 4.17. The largest absolute Gasteiger partial charge is 0.494 e. The molecule has 0 aliphatic heterocycles. The summed E-state index contributed by atoms with van der Waals surface area (Å²) < 4.78 is 5.77. The van der Waals surface area contributed by atoms with Crippen LogP contribution < -0.4 is 10.1 Å². The van der Waals surface area contributed by atoms with Gasteiger partial charge in [0.05, 0.1) is 13.0 Å². The third kappa shape index (κ3) is 4.73. The molecule has 1 N–H and O–H groups in total. The van der Waals surface area contributed by atoms with Crippen LogP contribution in [0.2, 0.25) is 0 Å². The molecule has 0 bridgehead atoms. The zero-order valence-electron chi connectivity index (χ0n) is 16.7. The van der Waals surface area contributed by atoms with E-state index in [-0.39, 0.29) is 5.91 Å². The third-order valence-electron chi connectivity index (χ3n) is 5.80. The zero-order valence-corrected chi connectivity index (χ0v) is 16.7. The van der Waals surface area contributed by atoms with E-state index < -0.39 is 0 Å². The van der Waals surface area contributed by atoms with Gasteiger partial charge in [0.25, 0.3) is 0 Å². The normalized spacial score (nSPS) is 17.3. The number of aromatic nitrogens is 1. The van der Waals surface area contributed by atoms with E-state index in [1.165, 1.54) is 43.2 Å². The SMILES string of the molecule is CCOc1ccc(-c2ccc(CC(=O)NC3CC3)nc2)c(C2CCCCC2)c1. The van der Waals surface area contributed by atoms with E-state index in [4.69, 9.17) is 4.74 Å². The Morgan fingerprint density at radius 1 is 1.11 bits per heavy atom. The van der Waals surface area contributed by atoms with Crippen LogP contribution in [0.25, 0.3) is 11.1 Å². The highest BCUT2D eigenvalue weighted by molar-refractivity contribution is 5.79. The number of carbonyl (C=O) groups is 1. The van der Waals surface area contributed by atoms with E-state index in [1.807, 2.05) is 19.2 Å². The van der Waals surface area contributed by atoms with Crippen LogP contribution in [-0.2, 0) is 11.2 Å². The molecule has 0 unspecified atom stereocenters. The first-order chi connectivity index (χ1) is 13.7. The second-order valence-corrected chi connectivity index (χ2v) is 8.07. The van der Waals surface area contributed by atoms with Gasteiger partial charge in [-0.3, -0.25) is 9.78 Å². The maximum atomic E-state index is 12.0. The van der Waals surface area contributed by atoms with Crippen molar-refractivity contribution in [2.24, 2.45) is 0 Å². The van der Waals surface area contributed by atoms with Crippen molar-refractivity contribution in [1.29, 1.82) is 0 Å². The third-order valence-corrected chi connectivity index (χ3v) is 5.80. The van der Waals surface area contributed by atoms with Gasteiger partial charge >= 0.3 is 0 Å². The first-order valence-corrected chi connectivity index (χ1v) is 10.7. The predicted octanol–water partition coefficient (Wildman–Crippen LogP) is 5.02. The summed E-state index contributed by atoms with van der Waals surface area (Å²) in [6.45, 7) is 2.71. The number of ether oxygens (including phenoxy) is 1. The quantitative estimate of drug-likeness (QED) is 0.736. The number of amides is 1. The average Bonchev–Trinajstić information content (AvgIpc) is 3.53. The molecule has 0 saturated heterocycles. The maximum Gasteiger partial charge on any atom is 0.226 e. The second-order valence-electron chi connectivity index (χ2n) is 8.07. The lowest BCUT2D eigenvalue weighted by Crippen LogP contribution is -2.27. The maximum absolute atomic E-state index is 12.0. The fourth-order valence-corrected chi connectivity index (χ4v) is 4.17. The van der Waals surface area contributed by atoms with Crippen molar-refractivity contribution < 1.29 is 9.53 Å². The van der Waals surface area contributed by atoms with Gasteiger partial charge in [-0.05, 0) is 67.9 Å². The van der Waals surface area contributed by atoms with Crippen LogP contribution in [0.3, 0.4) is 0 Å². The van der Waals surface area contributed by atoms with E-state index in [0.29, 0.717) is 25.0 Å². The molecule has 4 heteroatoms. The predicted molar refractivity (Wildman–Crippen MR) is 112 cm³/mol. The van der Waals surface area contributed by atoms with E-state index in [1.54, 1.807) is 0 Å². The first-order valence-electron chi connectivity index (χ1n) is 10.7. The number of benzene rings is 1. The van der Waals surface area contributed by atoms with Crippen molar-refractivity contribution in [3.63, 3.8) is 0 Å². The Kier molecular flexibility index (Phi) is 5.94. The van der Waals surface area contributed by atoms with Crippen LogP contribution in [0, 0.1) is 0 Å².